The summed E-state index contributed by atoms with van der Waals surface area (Å²) in [5.74, 6) is 1.09. The summed E-state index contributed by atoms with van der Waals surface area (Å²) in [5.41, 5.74) is 7.68. The smallest absolute Gasteiger partial charge is 0.270 e. The second-order valence-electron chi connectivity index (χ2n) is 10.8. The number of imidazole rings is 1. The molecule has 208 valence electrons. The molecule has 0 aliphatic carbocycles. The molecule has 0 spiro atoms. The molecule has 42 heavy (non-hydrogen) atoms. The molecule has 0 atom stereocenters. The summed E-state index contributed by atoms with van der Waals surface area (Å²) >= 11 is 0. The zero-order valence-corrected chi connectivity index (χ0v) is 23.2. The van der Waals surface area contributed by atoms with Gasteiger partial charge in [0.1, 0.15) is 11.5 Å². The van der Waals surface area contributed by atoms with Gasteiger partial charge in [0.15, 0.2) is 0 Å². The van der Waals surface area contributed by atoms with Crippen LogP contribution in [0.25, 0.3) is 44.6 Å². The van der Waals surface area contributed by atoms with Gasteiger partial charge in [-0.3, -0.25) is 14.6 Å². The van der Waals surface area contributed by atoms with Crippen LogP contribution in [0.3, 0.4) is 0 Å². The van der Waals surface area contributed by atoms with Gasteiger partial charge >= 0.3 is 0 Å². The molecule has 0 saturated carbocycles. The van der Waals surface area contributed by atoms with Gasteiger partial charge in [-0.2, -0.15) is 0 Å². The van der Waals surface area contributed by atoms with Crippen molar-refractivity contribution in [2.24, 2.45) is 0 Å². The maximum atomic E-state index is 12.9. The molecule has 1 fully saturated rings. The zero-order valence-electron chi connectivity index (χ0n) is 23.2. The van der Waals surface area contributed by atoms with Crippen LogP contribution in [0.15, 0.2) is 96.1 Å². The van der Waals surface area contributed by atoms with E-state index in [1.165, 1.54) is 0 Å². The van der Waals surface area contributed by atoms with Gasteiger partial charge in [-0.1, -0.05) is 54.6 Å². The van der Waals surface area contributed by atoms with Crippen LogP contribution in [-0.2, 0) is 17.8 Å². The molecule has 1 amide bonds. The molecule has 6 aromatic rings. The van der Waals surface area contributed by atoms with E-state index in [9.17, 15) is 9.59 Å². The van der Waals surface area contributed by atoms with Crippen LogP contribution >= 0.6 is 0 Å². The number of aryl methyl sites for hydroxylation is 1. The Morgan fingerprint density at radius 2 is 1.55 bits per heavy atom. The lowest BCUT2D eigenvalue weighted by Crippen LogP contribution is -2.26. The number of rotatable bonds is 8. The fourth-order valence-corrected chi connectivity index (χ4v) is 5.82. The first kappa shape index (κ1) is 25.8. The van der Waals surface area contributed by atoms with Crippen LogP contribution in [-0.4, -0.2) is 48.4 Å². The highest BCUT2D eigenvalue weighted by molar-refractivity contribution is 5.93. The van der Waals surface area contributed by atoms with Gasteiger partial charge in [-0.05, 0) is 53.8 Å². The van der Waals surface area contributed by atoms with Crippen LogP contribution in [0.2, 0.25) is 0 Å². The lowest BCUT2D eigenvalue weighted by atomic mass is 10.0. The third-order valence-electron chi connectivity index (χ3n) is 7.98. The van der Waals surface area contributed by atoms with Gasteiger partial charge in [0.25, 0.3) is 5.56 Å². The number of benzene rings is 3. The van der Waals surface area contributed by atoms with Crippen molar-refractivity contribution in [3.63, 3.8) is 0 Å². The first-order valence-electron chi connectivity index (χ1n) is 14.4. The number of pyridine rings is 1. The molecule has 7 rings (SSSR count). The van der Waals surface area contributed by atoms with Gasteiger partial charge in [0, 0.05) is 50.4 Å². The maximum absolute atomic E-state index is 12.9. The molecule has 1 aliphatic heterocycles. The number of carbonyl (C=O) groups excluding carboxylic acids is 1. The quantitative estimate of drug-likeness (QED) is 0.264. The number of aromatic amines is 1. The SMILES string of the molecule is O=C1CCCN1CCCn1c(-c2ccc(-c3ccncc3)cc2)nc2cc3[nH]c(=O)c(Cc4ccccc4)nc3cc21. The van der Waals surface area contributed by atoms with E-state index < -0.39 is 0 Å². The van der Waals surface area contributed by atoms with E-state index in [-0.39, 0.29) is 11.5 Å². The first-order chi connectivity index (χ1) is 20.6. The van der Waals surface area contributed by atoms with E-state index in [4.69, 9.17) is 9.97 Å². The highest BCUT2D eigenvalue weighted by atomic mass is 16.2. The van der Waals surface area contributed by atoms with Gasteiger partial charge in [0.05, 0.1) is 22.1 Å². The average molecular weight is 555 g/mol. The van der Waals surface area contributed by atoms with E-state index in [0.717, 1.165) is 70.6 Å². The molecular formula is C34H30N6O2. The molecule has 1 N–H and O–H groups in total. The van der Waals surface area contributed by atoms with Crippen molar-refractivity contribution in [2.45, 2.75) is 32.2 Å². The molecule has 8 heteroatoms. The van der Waals surface area contributed by atoms with Crippen molar-refractivity contribution in [3.8, 4) is 22.5 Å². The number of aromatic nitrogens is 5. The number of H-pyrrole nitrogens is 1. The molecule has 1 aliphatic rings. The third-order valence-corrected chi connectivity index (χ3v) is 7.98. The molecule has 3 aromatic heterocycles. The number of hydrogen-bond acceptors (Lipinski definition) is 5. The minimum absolute atomic E-state index is 0.188. The Morgan fingerprint density at radius 1 is 0.786 bits per heavy atom. The lowest BCUT2D eigenvalue weighted by molar-refractivity contribution is -0.127. The predicted molar refractivity (Wildman–Crippen MR) is 164 cm³/mol. The van der Waals surface area contributed by atoms with Crippen LogP contribution in [0.1, 0.15) is 30.5 Å². The molecule has 3 aromatic carbocycles. The van der Waals surface area contributed by atoms with E-state index >= 15 is 0 Å². The fraction of sp³-hybridized carbons (Fsp3) is 0.206. The molecule has 1 saturated heterocycles. The van der Waals surface area contributed by atoms with Crippen LogP contribution in [0, 0.1) is 0 Å². The average Bonchev–Trinajstić information content (AvgIpc) is 3.60. The van der Waals surface area contributed by atoms with Crippen molar-refractivity contribution in [3.05, 3.63) is 113 Å². The molecule has 0 unspecified atom stereocenters. The summed E-state index contributed by atoms with van der Waals surface area (Å²) in [5, 5.41) is 0. The Balaban J connectivity index is 1.29. The lowest BCUT2D eigenvalue weighted by Gasteiger charge is -2.16. The van der Waals surface area contributed by atoms with Gasteiger partial charge in [0.2, 0.25) is 5.91 Å². The topological polar surface area (TPSA) is 96.8 Å². The Bertz CT molecular complexity index is 1950. The van der Waals surface area contributed by atoms with E-state index in [2.05, 4.69) is 38.8 Å². The van der Waals surface area contributed by atoms with Crippen molar-refractivity contribution in [1.29, 1.82) is 0 Å². The Morgan fingerprint density at radius 3 is 2.31 bits per heavy atom. The molecule has 4 heterocycles. The first-order valence-corrected chi connectivity index (χ1v) is 14.4. The minimum Gasteiger partial charge on any atom is -0.343 e. The molecule has 0 bridgehead atoms. The summed E-state index contributed by atoms with van der Waals surface area (Å²) < 4.78 is 2.22. The van der Waals surface area contributed by atoms with E-state index in [1.54, 1.807) is 12.4 Å². The predicted octanol–water partition coefficient (Wildman–Crippen LogP) is 5.61. The summed E-state index contributed by atoms with van der Waals surface area (Å²) in [6.07, 6.45) is 6.44. The maximum Gasteiger partial charge on any atom is 0.270 e. The van der Waals surface area contributed by atoms with Gasteiger partial charge < -0.3 is 14.5 Å². The minimum atomic E-state index is -0.188. The summed E-state index contributed by atoms with van der Waals surface area (Å²) in [4.78, 5) is 44.1. The number of nitrogens with one attached hydrogen (secondary N) is 1. The molecular weight excluding hydrogens is 524 g/mol. The zero-order chi connectivity index (χ0) is 28.5. The Kier molecular flexibility index (Phi) is 6.79. The largest absolute Gasteiger partial charge is 0.343 e. The van der Waals surface area contributed by atoms with Crippen LogP contribution in [0.5, 0.6) is 0 Å². The Labute approximate surface area is 242 Å². The highest BCUT2D eigenvalue weighted by Crippen LogP contribution is 2.30. The molecule has 8 nitrogen and oxygen atoms in total. The van der Waals surface area contributed by atoms with Crippen molar-refractivity contribution >= 4 is 28.0 Å². The van der Waals surface area contributed by atoms with E-state index in [1.807, 2.05) is 59.5 Å². The van der Waals surface area contributed by atoms with Crippen LogP contribution < -0.4 is 5.56 Å². The monoisotopic (exact) mass is 554 g/mol. The summed E-state index contributed by atoms with van der Waals surface area (Å²) in [6.45, 7) is 2.26. The van der Waals surface area contributed by atoms with Crippen molar-refractivity contribution in [2.75, 3.05) is 13.1 Å². The molecule has 0 radical (unpaired) electrons. The van der Waals surface area contributed by atoms with Crippen LogP contribution in [0.4, 0.5) is 0 Å². The highest BCUT2D eigenvalue weighted by Gasteiger charge is 2.20. The Hall–Kier alpha value is -5.11. The summed E-state index contributed by atoms with van der Waals surface area (Å²) in [7, 11) is 0. The van der Waals surface area contributed by atoms with Gasteiger partial charge in [-0.15, -0.1) is 0 Å². The standard InChI is InChI=1S/C34H30N6O2/c41-32-8-4-17-39(32)18-5-19-40-31-22-28-27(38-34(42)30(36-28)20-23-6-2-1-3-7-23)21-29(31)37-33(40)26-11-9-24(10-12-26)25-13-15-35-16-14-25/h1-3,6-7,9-16,21-22H,4-5,8,17-20H2,(H,38,42). The van der Waals surface area contributed by atoms with Gasteiger partial charge in [-0.25, -0.2) is 9.97 Å². The number of hydrogen-bond donors (Lipinski definition) is 1. The third kappa shape index (κ3) is 5.07. The number of likely N-dealkylation sites (tertiary alicyclic amines) is 1. The normalized spacial score (nSPS) is 13.4. The number of fused-ring (bicyclic) bond motifs is 2. The second-order valence-corrected chi connectivity index (χ2v) is 10.8. The fourth-order valence-electron chi connectivity index (χ4n) is 5.82. The number of amides is 1. The van der Waals surface area contributed by atoms with Crippen molar-refractivity contribution < 1.29 is 4.79 Å². The van der Waals surface area contributed by atoms with E-state index in [0.29, 0.717) is 30.6 Å². The second kappa shape index (κ2) is 11.0. The number of carbonyl (C=O) groups is 1. The number of nitrogens with zero attached hydrogens (tertiary/aromatic N) is 5. The van der Waals surface area contributed by atoms with Crippen molar-refractivity contribution in [1.82, 2.24) is 29.4 Å². The summed E-state index contributed by atoms with van der Waals surface area (Å²) in [6, 6.07) is 26.2.